The van der Waals surface area contributed by atoms with Crippen LogP contribution in [0.5, 0.6) is 0 Å². The first kappa shape index (κ1) is 20.2. The van der Waals surface area contributed by atoms with Crippen LogP contribution in [0.25, 0.3) is 0 Å². The molecule has 1 amide bonds. The molecule has 3 aliphatic carbocycles. The lowest BCUT2D eigenvalue weighted by molar-refractivity contribution is -0.199. The van der Waals surface area contributed by atoms with Gasteiger partial charge in [0.1, 0.15) is 0 Å². The van der Waals surface area contributed by atoms with Crippen molar-refractivity contribution in [3.05, 3.63) is 0 Å². The summed E-state index contributed by atoms with van der Waals surface area (Å²) in [4.78, 5) is 12.4. The van der Waals surface area contributed by atoms with E-state index in [0.717, 1.165) is 31.5 Å². The van der Waals surface area contributed by atoms with Gasteiger partial charge in [-0.25, -0.2) is 0 Å². The van der Waals surface area contributed by atoms with E-state index in [1.807, 2.05) is 6.92 Å². The highest BCUT2D eigenvalue weighted by atomic mass is 16.7. The van der Waals surface area contributed by atoms with Crippen LogP contribution in [0.3, 0.4) is 0 Å². The van der Waals surface area contributed by atoms with Crippen LogP contribution in [-0.2, 0) is 14.1 Å². The highest BCUT2D eigenvalue weighted by Gasteiger charge is 2.67. The average Bonchev–Trinajstić information content (AvgIpc) is 2.89. The summed E-state index contributed by atoms with van der Waals surface area (Å²) in [5, 5.41) is 3.17. The number of hydrogen-bond donors (Lipinski definition) is 1. The van der Waals surface area contributed by atoms with Crippen molar-refractivity contribution >= 4 is 13.0 Å². The number of rotatable bonds is 8. The molecule has 4 nitrogen and oxygen atoms in total. The molecule has 6 atom stereocenters. The van der Waals surface area contributed by atoms with Crippen LogP contribution in [0.4, 0.5) is 0 Å². The third kappa shape index (κ3) is 3.58. The van der Waals surface area contributed by atoms with Crippen LogP contribution >= 0.6 is 0 Å². The third-order valence-corrected chi connectivity index (χ3v) is 7.62. The summed E-state index contributed by atoms with van der Waals surface area (Å²) in [6.45, 7) is 13.3. The van der Waals surface area contributed by atoms with E-state index in [2.05, 4.69) is 39.9 Å². The molecular weight excluding hydrogens is 325 g/mol. The molecule has 0 aromatic heterocycles. The summed E-state index contributed by atoms with van der Waals surface area (Å²) in [7, 11) is -0.189. The van der Waals surface area contributed by atoms with E-state index >= 15 is 0 Å². The van der Waals surface area contributed by atoms with E-state index in [4.69, 9.17) is 9.31 Å². The first-order chi connectivity index (χ1) is 12.2. The van der Waals surface area contributed by atoms with E-state index in [9.17, 15) is 4.79 Å². The van der Waals surface area contributed by atoms with Crippen molar-refractivity contribution in [3.63, 3.8) is 0 Å². The first-order valence-electron chi connectivity index (χ1n) is 10.8. The van der Waals surface area contributed by atoms with E-state index in [-0.39, 0.29) is 36.7 Å². The van der Waals surface area contributed by atoms with Crippen molar-refractivity contribution in [1.29, 1.82) is 0 Å². The fourth-order valence-electron chi connectivity index (χ4n) is 5.62. The topological polar surface area (TPSA) is 47.6 Å². The Morgan fingerprint density at radius 2 is 1.96 bits per heavy atom. The Labute approximate surface area is 160 Å². The van der Waals surface area contributed by atoms with Crippen LogP contribution in [0, 0.1) is 23.2 Å². The summed E-state index contributed by atoms with van der Waals surface area (Å²) in [5.74, 6) is 1.61. The Balaban J connectivity index is 1.47. The molecule has 3 saturated carbocycles. The molecular formula is C21H38BNO3. The summed E-state index contributed by atoms with van der Waals surface area (Å²) in [6, 6.07) is 0.0767. The van der Waals surface area contributed by atoms with E-state index < -0.39 is 0 Å². The van der Waals surface area contributed by atoms with Gasteiger partial charge >= 0.3 is 7.12 Å². The molecule has 5 heteroatoms. The fraction of sp³-hybridized carbons (Fsp3) is 0.952. The predicted molar refractivity (Wildman–Crippen MR) is 106 cm³/mol. The van der Waals surface area contributed by atoms with Crippen molar-refractivity contribution < 1.29 is 14.1 Å². The normalized spacial score (nSPS) is 36.8. The van der Waals surface area contributed by atoms with Gasteiger partial charge in [0, 0.05) is 18.3 Å². The molecule has 1 heterocycles. The lowest BCUT2D eigenvalue weighted by Crippen LogP contribution is -2.65. The summed E-state index contributed by atoms with van der Waals surface area (Å²) >= 11 is 0. The number of amides is 1. The Bertz CT molecular complexity index is 525. The number of unbranched alkanes of at least 4 members (excludes halogenated alkanes) is 2. The van der Waals surface area contributed by atoms with Crippen LogP contribution < -0.4 is 5.32 Å². The van der Waals surface area contributed by atoms with Crippen molar-refractivity contribution in [2.75, 3.05) is 0 Å². The minimum absolute atomic E-state index is 0.0767. The van der Waals surface area contributed by atoms with E-state index in [0.29, 0.717) is 11.3 Å². The van der Waals surface area contributed by atoms with Gasteiger partial charge < -0.3 is 14.6 Å². The van der Waals surface area contributed by atoms with Gasteiger partial charge in [0.15, 0.2) is 0 Å². The second-order valence-electron chi connectivity index (χ2n) is 9.94. The Kier molecular flexibility index (Phi) is 5.80. The van der Waals surface area contributed by atoms with Crippen molar-refractivity contribution in [2.24, 2.45) is 23.2 Å². The number of carbonyl (C=O) groups excluding carboxylic acids is 1. The third-order valence-electron chi connectivity index (χ3n) is 7.62. The van der Waals surface area contributed by atoms with Gasteiger partial charge in [0.2, 0.25) is 5.91 Å². The lowest BCUT2D eigenvalue weighted by atomic mass is 9.43. The van der Waals surface area contributed by atoms with Crippen LogP contribution in [0.1, 0.15) is 80.1 Å². The molecule has 4 aliphatic rings. The van der Waals surface area contributed by atoms with Gasteiger partial charge in [-0.1, -0.05) is 47.0 Å². The second-order valence-corrected chi connectivity index (χ2v) is 9.94. The first-order valence-corrected chi connectivity index (χ1v) is 10.8. The van der Waals surface area contributed by atoms with Gasteiger partial charge in [-0.2, -0.15) is 0 Å². The monoisotopic (exact) mass is 363 g/mol. The molecule has 0 aromatic carbocycles. The minimum Gasteiger partial charge on any atom is -0.405 e. The standard InChI is InChI=1S/C21H38BNO3/c1-7-8-9-10-14(2)19(24)23-15(3)13-22-25-18-12-16-11-17(20(16,4)5)21(18,6)26-22/h14-18H,7-13H2,1-6H3,(H,23,24)/t14-,15+,16?,17?,18?,21+/m0/s1. The Morgan fingerprint density at radius 3 is 2.62 bits per heavy atom. The molecule has 0 radical (unpaired) electrons. The largest absolute Gasteiger partial charge is 0.459 e. The van der Waals surface area contributed by atoms with E-state index in [1.165, 1.54) is 19.3 Å². The summed E-state index contributed by atoms with van der Waals surface area (Å²) < 4.78 is 12.7. The van der Waals surface area contributed by atoms with Crippen LogP contribution in [0.2, 0.25) is 6.32 Å². The summed E-state index contributed by atoms with van der Waals surface area (Å²) in [6.07, 6.45) is 7.85. The number of carbonyl (C=O) groups is 1. The maximum absolute atomic E-state index is 12.4. The number of nitrogens with one attached hydrogen (secondary N) is 1. The van der Waals surface area contributed by atoms with Gasteiger partial charge in [-0.3, -0.25) is 4.79 Å². The minimum atomic E-state index is -0.189. The van der Waals surface area contributed by atoms with Crippen molar-refractivity contribution in [1.82, 2.24) is 5.32 Å². The molecule has 3 unspecified atom stereocenters. The molecule has 148 valence electrons. The van der Waals surface area contributed by atoms with Crippen LogP contribution in [0.15, 0.2) is 0 Å². The molecule has 4 rings (SSSR count). The van der Waals surface area contributed by atoms with Gasteiger partial charge in [0.25, 0.3) is 0 Å². The molecule has 1 N–H and O–H groups in total. The van der Waals surface area contributed by atoms with Gasteiger partial charge in [-0.15, -0.1) is 0 Å². The molecule has 2 bridgehead atoms. The van der Waals surface area contributed by atoms with Crippen LogP contribution in [-0.4, -0.2) is 30.8 Å². The molecule has 4 fully saturated rings. The maximum Gasteiger partial charge on any atom is 0.459 e. The highest BCUT2D eigenvalue weighted by Crippen LogP contribution is 2.65. The Morgan fingerprint density at radius 1 is 1.23 bits per heavy atom. The van der Waals surface area contributed by atoms with Gasteiger partial charge in [-0.05, 0) is 50.4 Å². The molecule has 26 heavy (non-hydrogen) atoms. The lowest BCUT2D eigenvalue weighted by Gasteiger charge is -2.64. The quantitative estimate of drug-likeness (QED) is 0.512. The van der Waals surface area contributed by atoms with Crippen molar-refractivity contribution in [2.45, 2.75) is 104 Å². The highest BCUT2D eigenvalue weighted by molar-refractivity contribution is 6.45. The Hall–Kier alpha value is -0.545. The average molecular weight is 363 g/mol. The fourth-order valence-corrected chi connectivity index (χ4v) is 5.62. The second kappa shape index (κ2) is 7.46. The number of hydrogen-bond acceptors (Lipinski definition) is 3. The molecule has 1 aliphatic heterocycles. The smallest absolute Gasteiger partial charge is 0.405 e. The molecule has 0 aromatic rings. The zero-order valence-corrected chi connectivity index (χ0v) is 17.6. The SMILES string of the molecule is CCCCC[C@H](C)C(=O)N[C@H](C)CB1OC2CC3CC(C3(C)C)[C@@]2(C)O1. The predicted octanol–water partition coefficient (Wildman–Crippen LogP) is 4.44. The zero-order valence-electron chi connectivity index (χ0n) is 17.6. The molecule has 0 spiro atoms. The zero-order chi connectivity index (χ0) is 19.1. The summed E-state index contributed by atoms with van der Waals surface area (Å²) in [5.41, 5.74) is 0.220. The van der Waals surface area contributed by atoms with Crippen molar-refractivity contribution in [3.8, 4) is 0 Å². The van der Waals surface area contributed by atoms with E-state index in [1.54, 1.807) is 0 Å². The maximum atomic E-state index is 12.4. The molecule has 1 saturated heterocycles. The van der Waals surface area contributed by atoms with Gasteiger partial charge in [0.05, 0.1) is 11.7 Å².